The standard InChI is InChI=1S/C21H27N3O3/c1-16-6-2-3-13-24(16)14-5-12-22-20(25)17-8-10-18(11-9-17)23-21(26)19-7-4-15-27-19/h4,7-11,15-16H,2-3,5-6,12-14H2,1H3,(H,22,25)(H,23,26)/p+1/t16-/m0/s1. The number of carbonyl (C=O) groups excluding carboxylic acids is 2. The maximum atomic E-state index is 12.3. The summed E-state index contributed by atoms with van der Waals surface area (Å²) in [5.74, 6) is -0.144. The summed E-state index contributed by atoms with van der Waals surface area (Å²) in [4.78, 5) is 25.9. The van der Waals surface area contributed by atoms with Crippen LogP contribution in [0.5, 0.6) is 0 Å². The van der Waals surface area contributed by atoms with Gasteiger partial charge in [-0.1, -0.05) is 0 Å². The lowest BCUT2D eigenvalue weighted by molar-refractivity contribution is -0.928. The maximum absolute atomic E-state index is 12.3. The van der Waals surface area contributed by atoms with E-state index in [4.69, 9.17) is 4.42 Å². The molecular formula is C21H28N3O3+. The smallest absolute Gasteiger partial charge is 0.291 e. The van der Waals surface area contributed by atoms with Gasteiger partial charge in [0, 0.05) is 24.2 Å². The summed E-state index contributed by atoms with van der Waals surface area (Å²) in [6.07, 6.45) is 6.41. The molecule has 0 bridgehead atoms. The lowest BCUT2D eigenvalue weighted by atomic mass is 10.0. The van der Waals surface area contributed by atoms with Crippen LogP contribution >= 0.6 is 0 Å². The lowest BCUT2D eigenvalue weighted by Gasteiger charge is -2.30. The van der Waals surface area contributed by atoms with E-state index in [1.165, 1.54) is 32.1 Å². The Morgan fingerprint density at radius 2 is 1.96 bits per heavy atom. The van der Waals surface area contributed by atoms with Crippen molar-refractivity contribution in [2.24, 2.45) is 0 Å². The van der Waals surface area contributed by atoms with Crippen LogP contribution in [0.25, 0.3) is 0 Å². The van der Waals surface area contributed by atoms with Gasteiger partial charge in [0.15, 0.2) is 5.76 Å². The van der Waals surface area contributed by atoms with E-state index >= 15 is 0 Å². The minimum absolute atomic E-state index is 0.0828. The highest BCUT2D eigenvalue weighted by Gasteiger charge is 2.20. The minimum Gasteiger partial charge on any atom is -0.459 e. The number of nitrogens with one attached hydrogen (secondary N) is 3. The molecule has 27 heavy (non-hydrogen) atoms. The van der Waals surface area contributed by atoms with Gasteiger partial charge in [0.25, 0.3) is 11.8 Å². The molecule has 1 saturated heterocycles. The topological polar surface area (TPSA) is 75.8 Å². The summed E-state index contributed by atoms with van der Waals surface area (Å²) >= 11 is 0. The van der Waals surface area contributed by atoms with Gasteiger partial charge in [0.1, 0.15) is 0 Å². The number of hydrogen-bond donors (Lipinski definition) is 3. The molecule has 1 aliphatic heterocycles. The molecule has 1 aromatic carbocycles. The summed E-state index contributed by atoms with van der Waals surface area (Å²) in [6, 6.07) is 10.9. The molecule has 0 spiro atoms. The van der Waals surface area contributed by atoms with Crippen molar-refractivity contribution in [1.29, 1.82) is 0 Å². The number of furan rings is 1. The first kappa shape index (κ1) is 19.2. The van der Waals surface area contributed by atoms with E-state index in [-0.39, 0.29) is 17.6 Å². The first-order valence-corrected chi connectivity index (χ1v) is 9.71. The predicted octanol–water partition coefficient (Wildman–Crippen LogP) is 2.11. The van der Waals surface area contributed by atoms with Gasteiger partial charge in [0.05, 0.1) is 25.4 Å². The van der Waals surface area contributed by atoms with E-state index < -0.39 is 0 Å². The SMILES string of the molecule is C[C@H]1CCCC[NH+]1CCCNC(=O)c1ccc(NC(=O)c2ccco2)cc1. The zero-order chi connectivity index (χ0) is 19.1. The highest BCUT2D eigenvalue weighted by molar-refractivity contribution is 6.02. The largest absolute Gasteiger partial charge is 0.459 e. The van der Waals surface area contributed by atoms with Crippen LogP contribution < -0.4 is 15.5 Å². The van der Waals surface area contributed by atoms with Gasteiger partial charge in [-0.05, 0) is 62.6 Å². The third-order valence-corrected chi connectivity index (χ3v) is 5.19. The molecule has 2 aromatic rings. The fourth-order valence-electron chi connectivity index (χ4n) is 3.55. The number of rotatable bonds is 7. The molecule has 6 nitrogen and oxygen atoms in total. The van der Waals surface area contributed by atoms with Crippen LogP contribution in [0, 0.1) is 0 Å². The Hall–Kier alpha value is -2.60. The Labute approximate surface area is 159 Å². The highest BCUT2D eigenvalue weighted by atomic mass is 16.3. The molecule has 6 heteroatoms. The van der Waals surface area contributed by atoms with E-state index in [0.29, 0.717) is 17.8 Å². The van der Waals surface area contributed by atoms with E-state index in [2.05, 4.69) is 17.6 Å². The fourth-order valence-corrected chi connectivity index (χ4v) is 3.55. The third kappa shape index (κ3) is 5.44. The number of carbonyl (C=O) groups is 2. The second-order valence-corrected chi connectivity index (χ2v) is 7.17. The van der Waals surface area contributed by atoms with Crippen molar-refractivity contribution < 1.29 is 18.9 Å². The average molecular weight is 370 g/mol. The number of benzene rings is 1. The monoisotopic (exact) mass is 370 g/mol. The first-order valence-electron chi connectivity index (χ1n) is 9.71. The summed E-state index contributed by atoms with van der Waals surface area (Å²) in [5.41, 5.74) is 1.21. The number of anilines is 1. The number of amides is 2. The zero-order valence-electron chi connectivity index (χ0n) is 15.8. The van der Waals surface area contributed by atoms with Gasteiger partial charge in [-0.15, -0.1) is 0 Å². The van der Waals surface area contributed by atoms with Crippen LogP contribution in [-0.4, -0.2) is 37.5 Å². The van der Waals surface area contributed by atoms with Gasteiger partial charge in [-0.25, -0.2) is 0 Å². The number of likely N-dealkylation sites (tertiary alicyclic amines) is 1. The number of hydrogen-bond acceptors (Lipinski definition) is 3. The van der Waals surface area contributed by atoms with Crippen molar-refractivity contribution in [1.82, 2.24) is 5.32 Å². The lowest BCUT2D eigenvalue weighted by Crippen LogP contribution is -3.16. The van der Waals surface area contributed by atoms with Crippen LogP contribution in [0.15, 0.2) is 47.1 Å². The van der Waals surface area contributed by atoms with Crippen LogP contribution in [0.4, 0.5) is 5.69 Å². The molecule has 3 N–H and O–H groups in total. The van der Waals surface area contributed by atoms with Gasteiger partial charge in [-0.2, -0.15) is 0 Å². The summed E-state index contributed by atoms with van der Waals surface area (Å²) < 4.78 is 5.06. The van der Waals surface area contributed by atoms with E-state index in [1.807, 2.05) is 0 Å². The third-order valence-electron chi connectivity index (χ3n) is 5.19. The number of quaternary nitrogens is 1. The normalized spacial score (nSPS) is 19.4. The Morgan fingerprint density at radius 1 is 1.15 bits per heavy atom. The van der Waals surface area contributed by atoms with Crippen molar-refractivity contribution in [3.8, 4) is 0 Å². The molecule has 0 radical (unpaired) electrons. The molecule has 2 heterocycles. The van der Waals surface area contributed by atoms with Crippen LogP contribution in [0.3, 0.4) is 0 Å². The summed E-state index contributed by atoms with van der Waals surface area (Å²) in [5, 5.41) is 5.72. The molecule has 3 rings (SSSR count). The van der Waals surface area contributed by atoms with Gasteiger partial charge >= 0.3 is 0 Å². The first-order chi connectivity index (χ1) is 13.1. The average Bonchev–Trinajstić information content (AvgIpc) is 3.22. The van der Waals surface area contributed by atoms with E-state index in [1.54, 1.807) is 41.3 Å². The molecule has 144 valence electrons. The van der Waals surface area contributed by atoms with Crippen molar-refractivity contribution in [2.75, 3.05) is 25.0 Å². The Balaban J connectivity index is 1.41. The van der Waals surface area contributed by atoms with Crippen LogP contribution in [-0.2, 0) is 0 Å². The maximum Gasteiger partial charge on any atom is 0.291 e. The molecular weight excluding hydrogens is 342 g/mol. The van der Waals surface area contributed by atoms with Crippen LogP contribution in [0.2, 0.25) is 0 Å². The van der Waals surface area contributed by atoms with Crippen molar-refractivity contribution in [2.45, 2.75) is 38.6 Å². The molecule has 2 amide bonds. The van der Waals surface area contributed by atoms with Crippen molar-refractivity contribution >= 4 is 17.5 Å². The molecule has 0 saturated carbocycles. The molecule has 1 aromatic heterocycles. The number of piperidine rings is 1. The second kappa shape index (κ2) is 9.37. The molecule has 1 fully saturated rings. The molecule has 1 unspecified atom stereocenters. The van der Waals surface area contributed by atoms with E-state index in [0.717, 1.165) is 19.0 Å². The summed E-state index contributed by atoms with van der Waals surface area (Å²) in [7, 11) is 0. The fraction of sp³-hybridized carbons (Fsp3) is 0.429. The predicted molar refractivity (Wildman–Crippen MR) is 104 cm³/mol. The van der Waals surface area contributed by atoms with Crippen molar-refractivity contribution in [3.05, 3.63) is 54.0 Å². The second-order valence-electron chi connectivity index (χ2n) is 7.17. The quantitative estimate of drug-likeness (QED) is 0.654. The Morgan fingerprint density at radius 3 is 2.67 bits per heavy atom. The molecule has 2 atom stereocenters. The van der Waals surface area contributed by atoms with Crippen molar-refractivity contribution in [3.63, 3.8) is 0 Å². The molecule has 0 aliphatic carbocycles. The van der Waals surface area contributed by atoms with Gasteiger partial charge in [-0.3, -0.25) is 9.59 Å². The van der Waals surface area contributed by atoms with E-state index in [9.17, 15) is 9.59 Å². The Kier molecular flexibility index (Phi) is 6.65. The molecule has 1 aliphatic rings. The van der Waals surface area contributed by atoms with Crippen LogP contribution in [0.1, 0.15) is 53.5 Å². The minimum atomic E-state index is -0.313. The van der Waals surface area contributed by atoms with Gasteiger partial charge in [0.2, 0.25) is 0 Å². The van der Waals surface area contributed by atoms with Gasteiger partial charge < -0.3 is 20.0 Å². The Bertz CT molecular complexity index is 741. The highest BCUT2D eigenvalue weighted by Crippen LogP contribution is 2.12. The summed E-state index contributed by atoms with van der Waals surface area (Å²) in [6.45, 7) is 5.37. The zero-order valence-corrected chi connectivity index (χ0v) is 15.8.